The Balaban J connectivity index is 2.02. The Bertz CT molecular complexity index is 525. The van der Waals surface area contributed by atoms with Crippen molar-refractivity contribution in [2.24, 2.45) is 5.73 Å². The maximum Gasteiger partial charge on any atom is 0.416 e. The quantitative estimate of drug-likeness (QED) is 0.929. The van der Waals surface area contributed by atoms with E-state index in [4.69, 9.17) is 5.73 Å². The highest BCUT2D eigenvalue weighted by Crippen LogP contribution is 2.31. The minimum absolute atomic E-state index is 0.0915. The first-order valence-corrected chi connectivity index (χ1v) is 7.29. The van der Waals surface area contributed by atoms with Crippen molar-refractivity contribution in [1.29, 1.82) is 0 Å². The molecule has 1 amide bonds. The SMILES string of the molecule is CC[C@H](N)C(=O)N1CCN(c2cccc(C(F)(F)F)c2)CC1. The van der Waals surface area contributed by atoms with Crippen molar-refractivity contribution < 1.29 is 18.0 Å². The van der Waals surface area contributed by atoms with Gasteiger partial charge in [0.1, 0.15) is 0 Å². The third-order valence-electron chi connectivity index (χ3n) is 3.89. The monoisotopic (exact) mass is 315 g/mol. The van der Waals surface area contributed by atoms with Crippen LogP contribution in [0.25, 0.3) is 0 Å². The van der Waals surface area contributed by atoms with Crippen LogP contribution < -0.4 is 10.6 Å². The number of carbonyl (C=O) groups is 1. The van der Waals surface area contributed by atoms with Crippen LogP contribution in [-0.4, -0.2) is 43.0 Å². The molecule has 7 heteroatoms. The van der Waals surface area contributed by atoms with E-state index in [1.54, 1.807) is 11.0 Å². The van der Waals surface area contributed by atoms with E-state index in [1.807, 2.05) is 11.8 Å². The van der Waals surface area contributed by atoms with Gasteiger partial charge in [-0.05, 0) is 24.6 Å². The predicted molar refractivity (Wildman–Crippen MR) is 78.5 cm³/mol. The van der Waals surface area contributed by atoms with Crippen molar-refractivity contribution in [3.8, 4) is 0 Å². The summed E-state index contributed by atoms with van der Waals surface area (Å²) in [6, 6.07) is 4.77. The van der Waals surface area contributed by atoms with Gasteiger partial charge in [-0.15, -0.1) is 0 Å². The molecule has 22 heavy (non-hydrogen) atoms. The van der Waals surface area contributed by atoms with Gasteiger partial charge >= 0.3 is 6.18 Å². The summed E-state index contributed by atoms with van der Waals surface area (Å²) < 4.78 is 38.2. The zero-order valence-electron chi connectivity index (χ0n) is 12.4. The summed E-state index contributed by atoms with van der Waals surface area (Å²) in [4.78, 5) is 15.5. The molecule has 1 aromatic rings. The molecule has 122 valence electrons. The molecule has 2 rings (SSSR count). The van der Waals surface area contributed by atoms with Gasteiger partial charge in [0.25, 0.3) is 0 Å². The summed E-state index contributed by atoms with van der Waals surface area (Å²) in [6.45, 7) is 3.81. The van der Waals surface area contributed by atoms with Crippen LogP contribution in [0.2, 0.25) is 0 Å². The molecule has 2 N–H and O–H groups in total. The smallest absolute Gasteiger partial charge is 0.368 e. The van der Waals surface area contributed by atoms with Gasteiger partial charge in [0.15, 0.2) is 0 Å². The summed E-state index contributed by atoms with van der Waals surface area (Å²) in [5.74, 6) is -0.0915. The van der Waals surface area contributed by atoms with Gasteiger partial charge < -0.3 is 15.5 Å². The van der Waals surface area contributed by atoms with Crippen molar-refractivity contribution in [2.75, 3.05) is 31.1 Å². The lowest BCUT2D eigenvalue weighted by Crippen LogP contribution is -2.53. The van der Waals surface area contributed by atoms with E-state index in [-0.39, 0.29) is 5.91 Å². The summed E-state index contributed by atoms with van der Waals surface area (Å²) in [5, 5.41) is 0. The van der Waals surface area contributed by atoms with E-state index in [2.05, 4.69) is 0 Å². The molecule has 0 radical (unpaired) electrons. The number of anilines is 1. The molecule has 0 aromatic heterocycles. The lowest BCUT2D eigenvalue weighted by atomic mass is 10.1. The highest BCUT2D eigenvalue weighted by Gasteiger charge is 2.31. The topological polar surface area (TPSA) is 49.6 Å². The Hall–Kier alpha value is -1.76. The zero-order valence-corrected chi connectivity index (χ0v) is 12.4. The van der Waals surface area contributed by atoms with Crippen molar-refractivity contribution in [3.05, 3.63) is 29.8 Å². The van der Waals surface area contributed by atoms with E-state index in [9.17, 15) is 18.0 Å². The fourth-order valence-corrected chi connectivity index (χ4v) is 2.47. The van der Waals surface area contributed by atoms with Crippen LogP contribution in [0.1, 0.15) is 18.9 Å². The van der Waals surface area contributed by atoms with Gasteiger partial charge in [-0.3, -0.25) is 4.79 Å². The molecule has 0 aliphatic carbocycles. The second-order valence-corrected chi connectivity index (χ2v) is 5.38. The number of alkyl halides is 3. The Morgan fingerprint density at radius 1 is 1.27 bits per heavy atom. The molecule has 1 heterocycles. The molecule has 0 saturated carbocycles. The van der Waals surface area contributed by atoms with E-state index in [0.29, 0.717) is 38.3 Å². The Morgan fingerprint density at radius 2 is 1.91 bits per heavy atom. The van der Waals surface area contributed by atoms with Gasteiger partial charge in [-0.2, -0.15) is 13.2 Å². The molecule has 1 aromatic carbocycles. The second-order valence-electron chi connectivity index (χ2n) is 5.38. The average Bonchev–Trinajstić information content (AvgIpc) is 2.53. The van der Waals surface area contributed by atoms with Gasteiger partial charge in [0, 0.05) is 31.9 Å². The summed E-state index contributed by atoms with van der Waals surface area (Å²) in [6.07, 6.45) is -3.77. The molecule has 1 fully saturated rings. The number of amides is 1. The minimum Gasteiger partial charge on any atom is -0.368 e. The highest BCUT2D eigenvalue weighted by atomic mass is 19.4. The third kappa shape index (κ3) is 3.71. The molecule has 0 unspecified atom stereocenters. The number of halogens is 3. The molecule has 1 atom stereocenters. The van der Waals surface area contributed by atoms with Gasteiger partial charge in [-0.1, -0.05) is 13.0 Å². The van der Waals surface area contributed by atoms with Crippen molar-refractivity contribution in [2.45, 2.75) is 25.6 Å². The van der Waals surface area contributed by atoms with E-state index in [0.717, 1.165) is 12.1 Å². The van der Waals surface area contributed by atoms with Crippen LogP contribution in [-0.2, 0) is 11.0 Å². The van der Waals surface area contributed by atoms with Crippen molar-refractivity contribution in [3.63, 3.8) is 0 Å². The predicted octanol–water partition coefficient (Wildman–Crippen LogP) is 2.09. The first-order valence-electron chi connectivity index (χ1n) is 7.29. The Kier molecular flexibility index (Phi) is 4.95. The molecule has 1 aliphatic rings. The van der Waals surface area contributed by atoms with Crippen molar-refractivity contribution >= 4 is 11.6 Å². The van der Waals surface area contributed by atoms with Gasteiger partial charge in [0.2, 0.25) is 5.91 Å². The van der Waals surface area contributed by atoms with Gasteiger partial charge in [-0.25, -0.2) is 0 Å². The molecule has 1 aliphatic heterocycles. The fourth-order valence-electron chi connectivity index (χ4n) is 2.47. The number of carbonyl (C=O) groups excluding carboxylic acids is 1. The number of hydrogen-bond acceptors (Lipinski definition) is 3. The van der Waals surface area contributed by atoms with Gasteiger partial charge in [0.05, 0.1) is 11.6 Å². The van der Waals surface area contributed by atoms with E-state index < -0.39 is 17.8 Å². The maximum absolute atomic E-state index is 12.7. The Labute approximate surface area is 127 Å². The maximum atomic E-state index is 12.7. The number of hydrogen-bond donors (Lipinski definition) is 1. The van der Waals surface area contributed by atoms with Crippen molar-refractivity contribution in [1.82, 2.24) is 4.90 Å². The van der Waals surface area contributed by atoms with Crippen LogP contribution in [0.3, 0.4) is 0 Å². The largest absolute Gasteiger partial charge is 0.416 e. The number of piperazine rings is 1. The minimum atomic E-state index is -4.35. The fraction of sp³-hybridized carbons (Fsp3) is 0.533. The lowest BCUT2D eigenvalue weighted by Gasteiger charge is -2.37. The Morgan fingerprint density at radius 3 is 2.45 bits per heavy atom. The summed E-state index contributed by atoms with van der Waals surface area (Å²) in [5.41, 5.74) is 5.60. The molecule has 0 bridgehead atoms. The average molecular weight is 315 g/mol. The number of nitrogens with zero attached hydrogens (tertiary/aromatic N) is 2. The van der Waals surface area contributed by atoms with Crippen LogP contribution in [0.5, 0.6) is 0 Å². The van der Waals surface area contributed by atoms with Crippen LogP contribution in [0, 0.1) is 0 Å². The van der Waals surface area contributed by atoms with Crippen LogP contribution in [0.15, 0.2) is 24.3 Å². The van der Waals surface area contributed by atoms with E-state index in [1.165, 1.54) is 6.07 Å². The van der Waals surface area contributed by atoms with E-state index >= 15 is 0 Å². The van der Waals surface area contributed by atoms with Crippen LogP contribution in [0.4, 0.5) is 18.9 Å². The summed E-state index contributed by atoms with van der Waals surface area (Å²) in [7, 11) is 0. The number of rotatable bonds is 3. The normalized spacial score (nSPS) is 17.5. The molecule has 4 nitrogen and oxygen atoms in total. The number of nitrogens with two attached hydrogens (primary N) is 1. The zero-order chi connectivity index (χ0) is 16.3. The molecular formula is C15H20F3N3O. The van der Waals surface area contributed by atoms with Crippen LogP contribution >= 0.6 is 0 Å². The number of benzene rings is 1. The molecular weight excluding hydrogens is 295 g/mol. The lowest BCUT2D eigenvalue weighted by molar-refractivity contribution is -0.137. The third-order valence-corrected chi connectivity index (χ3v) is 3.89. The summed E-state index contributed by atoms with van der Waals surface area (Å²) >= 11 is 0. The standard InChI is InChI=1S/C15H20F3N3O/c1-2-13(19)14(22)21-8-6-20(7-9-21)12-5-3-4-11(10-12)15(16,17)18/h3-5,10,13H,2,6-9,19H2,1H3/t13-/m0/s1. The first kappa shape index (κ1) is 16.6. The molecule has 1 saturated heterocycles. The molecule has 0 spiro atoms. The highest BCUT2D eigenvalue weighted by molar-refractivity contribution is 5.81. The first-order chi connectivity index (χ1) is 10.3. The second kappa shape index (κ2) is 6.56.